The number of fused-ring (bicyclic) bond motifs is 1. The van der Waals surface area contributed by atoms with Crippen LogP contribution in [0, 0.1) is 0 Å². The van der Waals surface area contributed by atoms with Crippen molar-refractivity contribution in [1.29, 1.82) is 0 Å². The Morgan fingerprint density at radius 3 is 2.86 bits per heavy atom. The molecule has 1 heterocycles. The molecule has 2 aromatic rings. The predicted octanol–water partition coefficient (Wildman–Crippen LogP) is 2.95. The summed E-state index contributed by atoms with van der Waals surface area (Å²) in [4.78, 5) is 10.8. The zero-order valence-corrected chi connectivity index (χ0v) is 8.12. The van der Waals surface area contributed by atoms with Crippen molar-refractivity contribution in [1.82, 2.24) is 0 Å². The molecule has 0 unspecified atom stereocenters. The minimum atomic E-state index is 0.199. The normalized spacial score (nSPS) is 10.6. The van der Waals surface area contributed by atoms with E-state index in [1.54, 1.807) is 6.92 Å². The predicted molar refractivity (Wildman–Crippen MR) is 55.2 cm³/mol. The minimum absolute atomic E-state index is 0.199. The van der Waals surface area contributed by atoms with Crippen LogP contribution in [0.3, 0.4) is 0 Å². The third-order valence-electron chi connectivity index (χ3n) is 2.20. The van der Waals surface area contributed by atoms with E-state index in [4.69, 9.17) is 4.42 Å². The Hall–Kier alpha value is -1.57. The molecule has 0 saturated heterocycles. The van der Waals surface area contributed by atoms with Gasteiger partial charge < -0.3 is 9.21 Å². The maximum atomic E-state index is 10.8. The van der Waals surface area contributed by atoms with Gasteiger partial charge in [-0.15, -0.1) is 0 Å². The van der Waals surface area contributed by atoms with Gasteiger partial charge in [-0.3, -0.25) is 0 Å². The van der Waals surface area contributed by atoms with Gasteiger partial charge in [0.2, 0.25) is 0 Å². The molecular formula is C12H12O2. The molecule has 0 aliphatic rings. The van der Waals surface area contributed by atoms with Gasteiger partial charge >= 0.3 is 0 Å². The summed E-state index contributed by atoms with van der Waals surface area (Å²) >= 11 is 0. The Bertz CT molecular complexity index is 421. The molecule has 0 aliphatic heterocycles. The van der Waals surface area contributed by atoms with E-state index >= 15 is 0 Å². The van der Waals surface area contributed by atoms with Crippen LogP contribution >= 0.6 is 0 Å². The molecule has 1 aromatic carbocycles. The van der Waals surface area contributed by atoms with Crippen LogP contribution < -0.4 is 0 Å². The molecule has 0 bridgehead atoms. The van der Waals surface area contributed by atoms with Gasteiger partial charge in [0.15, 0.2) is 0 Å². The Balaban J connectivity index is 2.22. The highest BCUT2D eigenvalue weighted by molar-refractivity contribution is 5.78. The van der Waals surface area contributed by atoms with Crippen molar-refractivity contribution in [3.8, 4) is 0 Å². The lowest BCUT2D eigenvalue weighted by atomic mass is 10.2. The van der Waals surface area contributed by atoms with Gasteiger partial charge in [-0.1, -0.05) is 18.2 Å². The summed E-state index contributed by atoms with van der Waals surface area (Å²) in [6.45, 7) is 1.60. The fourth-order valence-electron chi connectivity index (χ4n) is 1.46. The molecule has 2 nitrogen and oxygen atoms in total. The summed E-state index contributed by atoms with van der Waals surface area (Å²) in [5, 5.41) is 1.10. The van der Waals surface area contributed by atoms with E-state index in [0.29, 0.717) is 12.8 Å². The van der Waals surface area contributed by atoms with Crippen molar-refractivity contribution in [2.24, 2.45) is 0 Å². The molecule has 0 spiro atoms. The maximum Gasteiger partial charge on any atom is 0.134 e. The van der Waals surface area contributed by atoms with E-state index in [1.165, 1.54) is 0 Å². The van der Waals surface area contributed by atoms with Gasteiger partial charge in [-0.25, -0.2) is 0 Å². The number of hydrogen-bond acceptors (Lipinski definition) is 2. The summed E-state index contributed by atoms with van der Waals surface area (Å²) in [7, 11) is 0. The lowest BCUT2D eigenvalue weighted by Crippen LogP contribution is -1.91. The van der Waals surface area contributed by atoms with E-state index in [1.807, 2.05) is 30.3 Å². The number of rotatable bonds is 3. The third kappa shape index (κ3) is 1.84. The number of Topliss-reactive ketones (excluding diaryl/α,β-unsaturated/α-hetero) is 1. The number of carbonyl (C=O) groups excluding carboxylic acids is 1. The molecule has 0 saturated carbocycles. The summed E-state index contributed by atoms with van der Waals surface area (Å²) in [6.07, 6.45) is 1.25. The smallest absolute Gasteiger partial charge is 0.134 e. The van der Waals surface area contributed by atoms with Crippen molar-refractivity contribution in [2.45, 2.75) is 19.8 Å². The summed E-state index contributed by atoms with van der Waals surface area (Å²) in [5.41, 5.74) is 0.894. The number of aryl methyl sites for hydroxylation is 1. The first-order valence-electron chi connectivity index (χ1n) is 4.72. The molecule has 14 heavy (non-hydrogen) atoms. The van der Waals surface area contributed by atoms with Crippen molar-refractivity contribution in [3.05, 3.63) is 36.1 Å². The highest BCUT2D eigenvalue weighted by Crippen LogP contribution is 2.19. The second kappa shape index (κ2) is 3.66. The molecule has 0 fully saturated rings. The standard InChI is InChI=1S/C12H12O2/c1-9(13)6-7-11-8-10-4-2-3-5-12(10)14-11/h2-5,8H,6-7H2,1H3. The fraction of sp³-hybridized carbons (Fsp3) is 0.250. The van der Waals surface area contributed by atoms with Crippen LogP contribution in [0.4, 0.5) is 0 Å². The van der Waals surface area contributed by atoms with E-state index in [2.05, 4.69) is 0 Å². The SMILES string of the molecule is CC(=O)CCc1cc2ccccc2o1. The van der Waals surface area contributed by atoms with Crippen LogP contribution in [0.25, 0.3) is 11.0 Å². The first-order chi connectivity index (χ1) is 6.75. The van der Waals surface area contributed by atoms with Crippen LogP contribution in [0.1, 0.15) is 19.1 Å². The van der Waals surface area contributed by atoms with Crippen molar-refractivity contribution < 1.29 is 9.21 Å². The Labute approximate surface area is 82.5 Å². The molecule has 0 radical (unpaired) electrons. The molecular weight excluding hydrogens is 176 g/mol. The zero-order valence-electron chi connectivity index (χ0n) is 8.12. The molecule has 2 heteroatoms. The van der Waals surface area contributed by atoms with Gasteiger partial charge in [0.05, 0.1) is 0 Å². The third-order valence-corrected chi connectivity index (χ3v) is 2.20. The Morgan fingerprint density at radius 1 is 1.36 bits per heavy atom. The summed E-state index contributed by atoms with van der Waals surface area (Å²) < 4.78 is 5.57. The largest absolute Gasteiger partial charge is 0.461 e. The molecule has 0 N–H and O–H groups in total. The van der Waals surface area contributed by atoms with Gasteiger partial charge in [0, 0.05) is 18.2 Å². The van der Waals surface area contributed by atoms with Crippen LogP contribution in [-0.2, 0) is 11.2 Å². The molecule has 0 atom stereocenters. The van der Waals surface area contributed by atoms with Crippen molar-refractivity contribution in [3.63, 3.8) is 0 Å². The number of carbonyl (C=O) groups is 1. The van der Waals surface area contributed by atoms with E-state index < -0.39 is 0 Å². The average Bonchev–Trinajstić information content (AvgIpc) is 2.57. The quantitative estimate of drug-likeness (QED) is 0.741. The first-order valence-corrected chi connectivity index (χ1v) is 4.72. The van der Waals surface area contributed by atoms with Crippen LogP contribution in [0.15, 0.2) is 34.7 Å². The van der Waals surface area contributed by atoms with Crippen molar-refractivity contribution >= 4 is 16.8 Å². The highest BCUT2D eigenvalue weighted by atomic mass is 16.3. The number of furan rings is 1. The topological polar surface area (TPSA) is 30.2 Å². The summed E-state index contributed by atoms with van der Waals surface area (Å²) in [5.74, 6) is 1.09. The summed E-state index contributed by atoms with van der Waals surface area (Å²) in [6, 6.07) is 9.87. The van der Waals surface area contributed by atoms with E-state index in [-0.39, 0.29) is 5.78 Å². The Kier molecular flexibility index (Phi) is 2.35. The highest BCUT2D eigenvalue weighted by Gasteiger charge is 2.03. The number of ketones is 1. The van der Waals surface area contributed by atoms with Gasteiger partial charge in [-0.05, 0) is 19.1 Å². The van der Waals surface area contributed by atoms with Gasteiger partial charge in [0.25, 0.3) is 0 Å². The van der Waals surface area contributed by atoms with E-state index in [9.17, 15) is 4.79 Å². The average molecular weight is 188 g/mol. The monoisotopic (exact) mass is 188 g/mol. The van der Waals surface area contributed by atoms with Crippen LogP contribution in [-0.4, -0.2) is 5.78 Å². The zero-order chi connectivity index (χ0) is 9.97. The van der Waals surface area contributed by atoms with Crippen LogP contribution in [0.2, 0.25) is 0 Å². The lowest BCUT2D eigenvalue weighted by molar-refractivity contribution is -0.117. The molecule has 2 rings (SSSR count). The lowest BCUT2D eigenvalue weighted by Gasteiger charge is -1.90. The fourth-order valence-corrected chi connectivity index (χ4v) is 1.46. The molecule has 1 aromatic heterocycles. The first kappa shape index (κ1) is 9.00. The van der Waals surface area contributed by atoms with Gasteiger partial charge in [-0.2, -0.15) is 0 Å². The maximum absolute atomic E-state index is 10.8. The second-order valence-electron chi connectivity index (χ2n) is 3.45. The van der Waals surface area contributed by atoms with Gasteiger partial charge in [0.1, 0.15) is 17.1 Å². The minimum Gasteiger partial charge on any atom is -0.461 e. The second-order valence-corrected chi connectivity index (χ2v) is 3.45. The molecule has 72 valence electrons. The number of hydrogen-bond donors (Lipinski definition) is 0. The Morgan fingerprint density at radius 2 is 2.14 bits per heavy atom. The molecule has 0 aliphatic carbocycles. The van der Waals surface area contributed by atoms with Crippen LogP contribution in [0.5, 0.6) is 0 Å². The number of benzene rings is 1. The van der Waals surface area contributed by atoms with E-state index in [0.717, 1.165) is 16.7 Å². The molecule has 0 amide bonds. The number of para-hydroxylation sites is 1. The van der Waals surface area contributed by atoms with Crippen molar-refractivity contribution in [2.75, 3.05) is 0 Å².